The summed E-state index contributed by atoms with van der Waals surface area (Å²) in [4.78, 5) is 14.2. The number of halogens is 1. The van der Waals surface area contributed by atoms with Crippen molar-refractivity contribution in [3.05, 3.63) is 57.7 Å². The van der Waals surface area contributed by atoms with Gasteiger partial charge in [0.15, 0.2) is 0 Å². The molecule has 0 bridgehead atoms. The van der Waals surface area contributed by atoms with Crippen LogP contribution in [0.3, 0.4) is 0 Å². The summed E-state index contributed by atoms with van der Waals surface area (Å²) < 4.78 is 1.05. The van der Waals surface area contributed by atoms with Crippen molar-refractivity contribution in [2.24, 2.45) is 0 Å². The molecule has 4 heteroatoms. The SMILES string of the molecule is CCN(C(=O)c1cccc(I)c1)c1ccc(N)cc1. The predicted molar refractivity (Wildman–Crippen MR) is 87.4 cm³/mol. The molecule has 0 unspecified atom stereocenters. The number of carbonyl (C=O) groups excluding carboxylic acids is 1. The summed E-state index contributed by atoms with van der Waals surface area (Å²) in [7, 11) is 0. The highest BCUT2D eigenvalue weighted by atomic mass is 127. The van der Waals surface area contributed by atoms with E-state index in [-0.39, 0.29) is 5.91 Å². The molecule has 0 aliphatic heterocycles. The van der Waals surface area contributed by atoms with E-state index < -0.39 is 0 Å². The van der Waals surface area contributed by atoms with E-state index in [0.29, 0.717) is 17.8 Å². The van der Waals surface area contributed by atoms with E-state index in [2.05, 4.69) is 22.6 Å². The summed E-state index contributed by atoms with van der Waals surface area (Å²) >= 11 is 2.21. The van der Waals surface area contributed by atoms with E-state index in [1.165, 1.54) is 0 Å². The number of nitrogens with zero attached hydrogens (tertiary/aromatic N) is 1. The lowest BCUT2D eigenvalue weighted by atomic mass is 10.1. The molecule has 0 atom stereocenters. The van der Waals surface area contributed by atoms with Gasteiger partial charge in [-0.3, -0.25) is 4.79 Å². The molecule has 2 rings (SSSR count). The second kappa shape index (κ2) is 6.06. The molecule has 0 saturated carbocycles. The molecule has 0 radical (unpaired) electrons. The maximum absolute atomic E-state index is 12.5. The van der Waals surface area contributed by atoms with E-state index in [4.69, 9.17) is 5.73 Å². The number of benzene rings is 2. The minimum atomic E-state index is 0.00536. The van der Waals surface area contributed by atoms with Crippen LogP contribution in [-0.4, -0.2) is 12.5 Å². The summed E-state index contributed by atoms with van der Waals surface area (Å²) in [5.74, 6) is 0.00536. The van der Waals surface area contributed by atoms with Gasteiger partial charge in [0.1, 0.15) is 0 Å². The molecule has 0 aliphatic rings. The Balaban J connectivity index is 2.31. The van der Waals surface area contributed by atoms with Crippen LogP contribution in [0.15, 0.2) is 48.5 Å². The molecule has 98 valence electrons. The third kappa shape index (κ3) is 3.26. The van der Waals surface area contributed by atoms with Gasteiger partial charge in [-0.25, -0.2) is 0 Å². The van der Waals surface area contributed by atoms with Crippen LogP contribution < -0.4 is 10.6 Å². The van der Waals surface area contributed by atoms with E-state index in [1.807, 2.05) is 43.3 Å². The van der Waals surface area contributed by atoms with E-state index in [0.717, 1.165) is 9.26 Å². The molecule has 2 N–H and O–H groups in total. The topological polar surface area (TPSA) is 46.3 Å². The van der Waals surface area contributed by atoms with E-state index in [9.17, 15) is 4.79 Å². The zero-order chi connectivity index (χ0) is 13.8. The Labute approximate surface area is 126 Å². The van der Waals surface area contributed by atoms with Crippen molar-refractivity contribution in [3.8, 4) is 0 Å². The second-order valence-corrected chi connectivity index (χ2v) is 5.40. The maximum atomic E-state index is 12.5. The van der Waals surface area contributed by atoms with Crippen molar-refractivity contribution in [1.82, 2.24) is 0 Å². The Kier molecular flexibility index (Phi) is 4.42. The quantitative estimate of drug-likeness (QED) is 0.667. The van der Waals surface area contributed by atoms with Gasteiger partial charge in [-0.05, 0) is 72.0 Å². The van der Waals surface area contributed by atoms with Crippen LogP contribution in [0.4, 0.5) is 11.4 Å². The van der Waals surface area contributed by atoms with Gasteiger partial charge in [0.2, 0.25) is 0 Å². The Morgan fingerprint density at radius 1 is 1.21 bits per heavy atom. The number of nitrogen functional groups attached to an aromatic ring is 1. The van der Waals surface area contributed by atoms with Crippen molar-refractivity contribution < 1.29 is 4.79 Å². The maximum Gasteiger partial charge on any atom is 0.258 e. The Morgan fingerprint density at radius 2 is 1.89 bits per heavy atom. The molecule has 0 spiro atoms. The minimum Gasteiger partial charge on any atom is -0.399 e. The standard InChI is InChI=1S/C15H15IN2O/c1-2-18(14-8-6-13(17)7-9-14)15(19)11-4-3-5-12(16)10-11/h3-10H,2,17H2,1H3. The van der Waals surface area contributed by atoms with Crippen molar-refractivity contribution in [1.29, 1.82) is 0 Å². The normalized spacial score (nSPS) is 10.2. The largest absolute Gasteiger partial charge is 0.399 e. The highest BCUT2D eigenvalue weighted by Crippen LogP contribution is 2.19. The highest BCUT2D eigenvalue weighted by molar-refractivity contribution is 14.1. The lowest BCUT2D eigenvalue weighted by Gasteiger charge is -2.21. The van der Waals surface area contributed by atoms with Crippen LogP contribution in [0.5, 0.6) is 0 Å². The molecule has 0 fully saturated rings. The molecule has 0 heterocycles. The molecular formula is C15H15IN2O. The Bertz CT molecular complexity index is 581. The molecule has 2 aromatic rings. The van der Waals surface area contributed by atoms with Crippen LogP contribution in [0, 0.1) is 3.57 Å². The van der Waals surface area contributed by atoms with Gasteiger partial charge in [-0.2, -0.15) is 0 Å². The number of nitrogens with two attached hydrogens (primary N) is 1. The molecule has 0 saturated heterocycles. The summed E-state index contributed by atoms with van der Waals surface area (Å²) in [5, 5.41) is 0. The third-order valence-electron chi connectivity index (χ3n) is 2.84. The van der Waals surface area contributed by atoms with E-state index >= 15 is 0 Å². The lowest BCUT2D eigenvalue weighted by molar-refractivity contribution is 0.0988. The summed E-state index contributed by atoms with van der Waals surface area (Å²) in [6.45, 7) is 2.58. The lowest BCUT2D eigenvalue weighted by Crippen LogP contribution is -2.30. The highest BCUT2D eigenvalue weighted by Gasteiger charge is 2.15. The number of amides is 1. The van der Waals surface area contributed by atoms with Gasteiger partial charge >= 0.3 is 0 Å². The van der Waals surface area contributed by atoms with Crippen LogP contribution >= 0.6 is 22.6 Å². The van der Waals surface area contributed by atoms with Crippen molar-refractivity contribution in [3.63, 3.8) is 0 Å². The fourth-order valence-electron chi connectivity index (χ4n) is 1.88. The zero-order valence-corrected chi connectivity index (χ0v) is 12.8. The molecule has 3 nitrogen and oxygen atoms in total. The Morgan fingerprint density at radius 3 is 2.47 bits per heavy atom. The third-order valence-corrected chi connectivity index (χ3v) is 3.51. The average Bonchev–Trinajstić information content (AvgIpc) is 2.41. The summed E-state index contributed by atoms with van der Waals surface area (Å²) in [6.07, 6.45) is 0. The average molecular weight is 366 g/mol. The monoisotopic (exact) mass is 366 g/mol. The van der Waals surface area contributed by atoms with Gasteiger partial charge in [-0.15, -0.1) is 0 Å². The number of rotatable bonds is 3. The molecule has 19 heavy (non-hydrogen) atoms. The van der Waals surface area contributed by atoms with Gasteiger partial charge in [0.05, 0.1) is 0 Å². The first-order chi connectivity index (χ1) is 9.11. The number of anilines is 2. The molecule has 2 aromatic carbocycles. The minimum absolute atomic E-state index is 0.00536. The van der Waals surface area contributed by atoms with Gasteiger partial charge in [0, 0.05) is 27.1 Å². The van der Waals surface area contributed by atoms with Gasteiger partial charge in [-0.1, -0.05) is 6.07 Å². The zero-order valence-electron chi connectivity index (χ0n) is 10.6. The molecular weight excluding hydrogens is 351 g/mol. The molecule has 1 amide bonds. The first-order valence-electron chi connectivity index (χ1n) is 6.05. The second-order valence-electron chi connectivity index (χ2n) is 4.15. The Hall–Kier alpha value is -1.56. The first-order valence-corrected chi connectivity index (χ1v) is 7.12. The van der Waals surface area contributed by atoms with Crippen LogP contribution in [0.2, 0.25) is 0 Å². The van der Waals surface area contributed by atoms with Gasteiger partial charge < -0.3 is 10.6 Å². The van der Waals surface area contributed by atoms with Gasteiger partial charge in [0.25, 0.3) is 5.91 Å². The van der Waals surface area contributed by atoms with Crippen LogP contribution in [-0.2, 0) is 0 Å². The molecule has 0 aliphatic carbocycles. The van der Waals surface area contributed by atoms with Crippen LogP contribution in [0.25, 0.3) is 0 Å². The number of carbonyl (C=O) groups is 1. The fraction of sp³-hybridized carbons (Fsp3) is 0.133. The fourth-order valence-corrected chi connectivity index (χ4v) is 2.42. The van der Waals surface area contributed by atoms with Crippen LogP contribution in [0.1, 0.15) is 17.3 Å². The summed E-state index contributed by atoms with van der Waals surface area (Å²) in [6, 6.07) is 14.9. The molecule has 0 aromatic heterocycles. The summed E-state index contributed by atoms with van der Waals surface area (Å²) in [5.41, 5.74) is 7.93. The number of hydrogen-bond donors (Lipinski definition) is 1. The van der Waals surface area contributed by atoms with E-state index in [1.54, 1.807) is 17.0 Å². The van der Waals surface area contributed by atoms with Crippen molar-refractivity contribution in [2.45, 2.75) is 6.92 Å². The van der Waals surface area contributed by atoms with Crippen molar-refractivity contribution in [2.75, 3.05) is 17.2 Å². The number of hydrogen-bond acceptors (Lipinski definition) is 2. The predicted octanol–water partition coefficient (Wildman–Crippen LogP) is 3.54. The van der Waals surface area contributed by atoms with Crippen molar-refractivity contribution >= 4 is 39.9 Å². The first kappa shape index (κ1) is 13.9. The smallest absolute Gasteiger partial charge is 0.258 e.